The molecule has 7 nitrogen and oxygen atoms in total. The van der Waals surface area contributed by atoms with Crippen molar-refractivity contribution < 1.29 is 18.7 Å². The molecule has 1 aliphatic rings. The minimum atomic E-state index is -0.153. The standard InChI is InChI=1S/C29H31N3O4/c1-34-23-14-12-20(13-15-23)26-27-24(18-22-10-6-16-32(22)17-7-11-25(33)35-2)30-19-31-29(27)36-28(26)21-8-4-3-5-9-21/h3-5,8-9,12-15,19,22H,6-7,10-11,16-18H2,1-2H3. The van der Waals surface area contributed by atoms with Gasteiger partial charge in [0, 0.05) is 30.0 Å². The molecule has 4 aromatic rings. The number of furan rings is 1. The van der Waals surface area contributed by atoms with Crippen LogP contribution in [-0.2, 0) is 16.0 Å². The maximum absolute atomic E-state index is 11.6. The fraction of sp³-hybridized carbons (Fsp3) is 0.345. The van der Waals surface area contributed by atoms with E-state index < -0.39 is 0 Å². The molecule has 1 atom stereocenters. The Labute approximate surface area is 211 Å². The average Bonchev–Trinajstić information content (AvgIpc) is 3.54. The van der Waals surface area contributed by atoms with E-state index in [4.69, 9.17) is 18.9 Å². The van der Waals surface area contributed by atoms with E-state index >= 15 is 0 Å². The molecule has 3 heterocycles. The lowest BCUT2D eigenvalue weighted by Gasteiger charge is -2.24. The van der Waals surface area contributed by atoms with Crippen molar-refractivity contribution in [1.82, 2.24) is 14.9 Å². The zero-order chi connectivity index (χ0) is 24.9. The molecule has 0 radical (unpaired) electrons. The smallest absolute Gasteiger partial charge is 0.305 e. The highest BCUT2D eigenvalue weighted by atomic mass is 16.5. The first kappa shape index (κ1) is 24.0. The Morgan fingerprint density at radius 1 is 1.06 bits per heavy atom. The predicted molar refractivity (Wildman–Crippen MR) is 139 cm³/mol. The molecular weight excluding hydrogens is 454 g/mol. The summed E-state index contributed by atoms with van der Waals surface area (Å²) in [6, 6.07) is 18.5. The van der Waals surface area contributed by atoms with Gasteiger partial charge < -0.3 is 13.9 Å². The Hall–Kier alpha value is -3.71. The number of aromatic nitrogens is 2. The van der Waals surface area contributed by atoms with Crippen molar-refractivity contribution in [3.63, 3.8) is 0 Å². The van der Waals surface area contributed by atoms with Gasteiger partial charge in [0.15, 0.2) is 0 Å². The van der Waals surface area contributed by atoms with Gasteiger partial charge in [-0.05, 0) is 50.0 Å². The lowest BCUT2D eigenvalue weighted by atomic mass is 9.96. The normalized spacial score (nSPS) is 15.9. The Morgan fingerprint density at radius 2 is 1.86 bits per heavy atom. The first-order valence-corrected chi connectivity index (χ1v) is 12.4. The number of carbonyl (C=O) groups excluding carboxylic acids is 1. The molecular formula is C29H31N3O4. The number of benzene rings is 2. The van der Waals surface area contributed by atoms with E-state index in [1.54, 1.807) is 13.4 Å². The first-order valence-electron chi connectivity index (χ1n) is 12.4. The maximum Gasteiger partial charge on any atom is 0.305 e. The van der Waals surface area contributed by atoms with Gasteiger partial charge in [-0.15, -0.1) is 0 Å². The van der Waals surface area contributed by atoms with Gasteiger partial charge >= 0.3 is 5.97 Å². The number of hydrogen-bond acceptors (Lipinski definition) is 7. The summed E-state index contributed by atoms with van der Waals surface area (Å²) < 4.78 is 16.6. The van der Waals surface area contributed by atoms with Crippen molar-refractivity contribution in [2.45, 2.75) is 38.1 Å². The molecule has 5 rings (SSSR count). The van der Waals surface area contributed by atoms with Crippen LogP contribution in [0.2, 0.25) is 0 Å². The number of esters is 1. The van der Waals surface area contributed by atoms with E-state index in [1.165, 1.54) is 7.11 Å². The van der Waals surface area contributed by atoms with Crippen LogP contribution >= 0.6 is 0 Å². The molecule has 7 heteroatoms. The summed E-state index contributed by atoms with van der Waals surface area (Å²) in [4.78, 5) is 23.3. The number of likely N-dealkylation sites (tertiary alicyclic amines) is 1. The molecule has 1 unspecified atom stereocenters. The number of carbonyl (C=O) groups is 1. The molecule has 0 saturated carbocycles. The van der Waals surface area contributed by atoms with Crippen LogP contribution in [-0.4, -0.2) is 54.2 Å². The summed E-state index contributed by atoms with van der Waals surface area (Å²) in [5.41, 5.74) is 4.62. The zero-order valence-corrected chi connectivity index (χ0v) is 20.8. The quantitative estimate of drug-likeness (QED) is 0.289. The number of methoxy groups -OCH3 is 2. The monoisotopic (exact) mass is 485 g/mol. The third-order valence-corrected chi connectivity index (χ3v) is 6.96. The van der Waals surface area contributed by atoms with Crippen molar-refractivity contribution in [3.05, 3.63) is 66.6 Å². The molecule has 186 valence electrons. The molecule has 0 N–H and O–H groups in total. The Kier molecular flexibility index (Phi) is 7.28. The minimum Gasteiger partial charge on any atom is -0.497 e. The van der Waals surface area contributed by atoms with Gasteiger partial charge in [0.2, 0.25) is 5.71 Å². The highest BCUT2D eigenvalue weighted by Gasteiger charge is 2.28. The highest BCUT2D eigenvalue weighted by Crippen LogP contribution is 2.42. The van der Waals surface area contributed by atoms with E-state index in [9.17, 15) is 4.79 Å². The molecule has 36 heavy (non-hydrogen) atoms. The topological polar surface area (TPSA) is 77.7 Å². The summed E-state index contributed by atoms with van der Waals surface area (Å²) in [5.74, 6) is 1.44. The van der Waals surface area contributed by atoms with Crippen molar-refractivity contribution in [1.29, 1.82) is 0 Å². The van der Waals surface area contributed by atoms with E-state index in [2.05, 4.69) is 34.1 Å². The van der Waals surface area contributed by atoms with Gasteiger partial charge in [0.25, 0.3) is 0 Å². The Balaban J connectivity index is 1.53. The number of rotatable bonds is 9. The Morgan fingerprint density at radius 3 is 2.61 bits per heavy atom. The van der Waals surface area contributed by atoms with Crippen LogP contribution in [0.1, 0.15) is 31.4 Å². The van der Waals surface area contributed by atoms with Crippen LogP contribution < -0.4 is 4.74 Å². The second kappa shape index (κ2) is 10.9. The van der Waals surface area contributed by atoms with Gasteiger partial charge in [-0.25, -0.2) is 9.97 Å². The fourth-order valence-electron chi connectivity index (χ4n) is 5.15. The largest absolute Gasteiger partial charge is 0.497 e. The van der Waals surface area contributed by atoms with Crippen molar-refractivity contribution in [2.24, 2.45) is 0 Å². The molecule has 0 amide bonds. The summed E-state index contributed by atoms with van der Waals surface area (Å²) in [6.07, 6.45) is 5.89. The molecule has 2 aromatic heterocycles. The molecule has 1 saturated heterocycles. The molecule has 2 aromatic carbocycles. The van der Waals surface area contributed by atoms with E-state index in [-0.39, 0.29) is 5.97 Å². The van der Waals surface area contributed by atoms with Crippen molar-refractivity contribution in [2.75, 3.05) is 27.3 Å². The van der Waals surface area contributed by atoms with Gasteiger partial charge in [0.05, 0.1) is 25.3 Å². The predicted octanol–water partition coefficient (Wildman–Crippen LogP) is 5.53. The van der Waals surface area contributed by atoms with Crippen molar-refractivity contribution in [3.8, 4) is 28.2 Å². The average molecular weight is 486 g/mol. The fourth-order valence-corrected chi connectivity index (χ4v) is 5.15. The van der Waals surface area contributed by atoms with Gasteiger partial charge in [-0.2, -0.15) is 0 Å². The van der Waals surface area contributed by atoms with Gasteiger partial charge in [-0.3, -0.25) is 9.69 Å². The summed E-state index contributed by atoms with van der Waals surface area (Å²) in [7, 11) is 3.11. The van der Waals surface area contributed by atoms with Crippen LogP contribution in [0.3, 0.4) is 0 Å². The first-order chi connectivity index (χ1) is 17.7. The molecule has 0 bridgehead atoms. The van der Waals surface area contributed by atoms with Crippen LogP contribution in [0.25, 0.3) is 33.6 Å². The maximum atomic E-state index is 11.6. The van der Waals surface area contributed by atoms with Crippen molar-refractivity contribution >= 4 is 17.1 Å². The summed E-state index contributed by atoms with van der Waals surface area (Å²) in [5, 5.41) is 0.961. The lowest BCUT2D eigenvalue weighted by molar-refractivity contribution is -0.140. The lowest BCUT2D eigenvalue weighted by Crippen LogP contribution is -2.32. The Bertz CT molecular complexity index is 1320. The zero-order valence-electron chi connectivity index (χ0n) is 20.8. The number of ether oxygens (including phenoxy) is 2. The summed E-state index contributed by atoms with van der Waals surface area (Å²) in [6.45, 7) is 1.91. The third-order valence-electron chi connectivity index (χ3n) is 6.96. The molecule has 0 aliphatic carbocycles. The number of nitrogens with zero attached hydrogens (tertiary/aromatic N) is 3. The van der Waals surface area contributed by atoms with Crippen LogP contribution in [0.4, 0.5) is 0 Å². The van der Waals surface area contributed by atoms with Gasteiger partial charge in [-0.1, -0.05) is 42.5 Å². The third kappa shape index (κ3) is 4.97. The van der Waals surface area contributed by atoms with E-state index in [0.29, 0.717) is 18.2 Å². The van der Waals surface area contributed by atoms with Gasteiger partial charge in [0.1, 0.15) is 17.8 Å². The second-order valence-electron chi connectivity index (χ2n) is 9.12. The van der Waals surface area contributed by atoms with E-state index in [1.807, 2.05) is 30.3 Å². The van der Waals surface area contributed by atoms with Crippen LogP contribution in [0.5, 0.6) is 5.75 Å². The molecule has 1 aliphatic heterocycles. The molecule has 0 spiro atoms. The SMILES string of the molecule is COC(=O)CCCN1CCCC1Cc1ncnc2oc(-c3ccccc3)c(-c3ccc(OC)cc3)c12. The van der Waals surface area contributed by atoms with Crippen LogP contribution in [0, 0.1) is 0 Å². The highest BCUT2D eigenvalue weighted by molar-refractivity contribution is 6.01. The summed E-state index contributed by atoms with van der Waals surface area (Å²) >= 11 is 0. The second-order valence-corrected chi connectivity index (χ2v) is 9.12. The van der Waals surface area contributed by atoms with E-state index in [0.717, 1.165) is 78.1 Å². The molecule has 1 fully saturated rings. The minimum absolute atomic E-state index is 0.153. The number of hydrogen-bond donors (Lipinski definition) is 0. The number of fused-ring (bicyclic) bond motifs is 1. The van der Waals surface area contributed by atoms with Crippen LogP contribution in [0.15, 0.2) is 65.3 Å².